The molecule has 5 nitrogen and oxygen atoms in total. The molecule has 1 atom stereocenters. The summed E-state index contributed by atoms with van der Waals surface area (Å²) in [4.78, 5) is 16.0. The van der Waals surface area contributed by atoms with Gasteiger partial charge in [0, 0.05) is 30.9 Å². The minimum Gasteiger partial charge on any atom is -0.444 e. The maximum atomic E-state index is 11.7. The highest BCUT2D eigenvalue weighted by molar-refractivity contribution is 5.67. The number of hydrogen-bond acceptors (Lipinski definition) is 3. The van der Waals surface area contributed by atoms with Crippen LogP contribution in [0.25, 0.3) is 0 Å². The summed E-state index contributed by atoms with van der Waals surface area (Å²) in [7, 11) is 0. The molecule has 0 spiro atoms. The number of ether oxygens (including phenoxy) is 1. The first-order chi connectivity index (χ1) is 10.4. The molecule has 1 aromatic heterocycles. The quantitative estimate of drug-likeness (QED) is 0.835. The lowest BCUT2D eigenvalue weighted by molar-refractivity contribution is 0.0528. The average Bonchev–Trinajstić information content (AvgIpc) is 3.12. The van der Waals surface area contributed by atoms with E-state index in [9.17, 15) is 4.79 Å². The van der Waals surface area contributed by atoms with Crippen molar-refractivity contribution in [1.82, 2.24) is 14.9 Å². The third-order valence-corrected chi connectivity index (χ3v) is 3.96. The minimum atomic E-state index is -0.455. The van der Waals surface area contributed by atoms with Crippen molar-refractivity contribution in [1.29, 1.82) is 0 Å². The Kier molecular flexibility index (Phi) is 5.48. The van der Waals surface area contributed by atoms with E-state index in [2.05, 4.69) is 21.8 Å². The van der Waals surface area contributed by atoms with Gasteiger partial charge in [0.05, 0.1) is 6.33 Å². The first-order valence-corrected chi connectivity index (χ1v) is 8.36. The molecule has 1 unspecified atom stereocenters. The van der Waals surface area contributed by atoms with Crippen LogP contribution in [0.1, 0.15) is 65.1 Å². The first kappa shape index (κ1) is 16.8. The van der Waals surface area contributed by atoms with Crippen molar-refractivity contribution < 1.29 is 9.53 Å². The fourth-order valence-electron chi connectivity index (χ4n) is 2.68. The van der Waals surface area contributed by atoms with Crippen molar-refractivity contribution in [2.75, 3.05) is 6.54 Å². The van der Waals surface area contributed by atoms with E-state index in [1.807, 2.05) is 33.3 Å². The number of nitrogens with zero attached hydrogens (tertiary/aromatic N) is 2. The molecule has 1 fully saturated rings. The molecule has 1 aliphatic carbocycles. The monoisotopic (exact) mass is 307 g/mol. The van der Waals surface area contributed by atoms with Gasteiger partial charge in [-0.05, 0) is 39.5 Å². The molecule has 0 radical (unpaired) electrons. The number of hydrogen-bond donors (Lipinski definition) is 1. The van der Waals surface area contributed by atoms with Gasteiger partial charge in [0.2, 0.25) is 0 Å². The Morgan fingerprint density at radius 3 is 2.82 bits per heavy atom. The van der Waals surface area contributed by atoms with Gasteiger partial charge in [0.15, 0.2) is 0 Å². The van der Waals surface area contributed by atoms with Crippen LogP contribution in [-0.2, 0) is 11.2 Å². The molecule has 1 heterocycles. The summed E-state index contributed by atoms with van der Waals surface area (Å²) >= 11 is 0. The molecule has 1 N–H and O–H groups in total. The van der Waals surface area contributed by atoms with Crippen molar-refractivity contribution in [3.63, 3.8) is 0 Å². The molecular weight excluding hydrogens is 278 g/mol. The smallest absolute Gasteiger partial charge is 0.407 e. The summed E-state index contributed by atoms with van der Waals surface area (Å²) < 4.78 is 7.53. The van der Waals surface area contributed by atoms with Crippen LogP contribution in [0.4, 0.5) is 4.79 Å². The fourth-order valence-corrected chi connectivity index (χ4v) is 2.68. The van der Waals surface area contributed by atoms with Gasteiger partial charge in [-0.25, -0.2) is 9.78 Å². The summed E-state index contributed by atoms with van der Waals surface area (Å²) in [6.07, 6.45) is 9.38. The van der Waals surface area contributed by atoms with Gasteiger partial charge in [0.25, 0.3) is 0 Å². The van der Waals surface area contributed by atoms with E-state index >= 15 is 0 Å². The standard InChI is InChI=1S/C17H29N3O2/c1-5-14(10-13-6-7-13)20-12-18-11-15(20)8-9-19-16(21)22-17(2,3)4/h11-14H,5-10H2,1-4H3,(H,19,21). The van der Waals surface area contributed by atoms with Crippen molar-refractivity contribution >= 4 is 6.09 Å². The molecule has 1 aromatic rings. The predicted octanol–water partition coefficient (Wildman–Crippen LogP) is 3.70. The Bertz CT molecular complexity index is 486. The van der Waals surface area contributed by atoms with Crippen LogP contribution in [0.2, 0.25) is 0 Å². The van der Waals surface area contributed by atoms with Gasteiger partial charge < -0.3 is 14.6 Å². The van der Waals surface area contributed by atoms with Gasteiger partial charge in [-0.1, -0.05) is 19.8 Å². The number of imidazole rings is 1. The lowest BCUT2D eigenvalue weighted by atomic mass is 10.1. The van der Waals surface area contributed by atoms with Crippen LogP contribution >= 0.6 is 0 Å². The second kappa shape index (κ2) is 7.16. The van der Waals surface area contributed by atoms with Crippen LogP contribution in [0, 0.1) is 5.92 Å². The second-order valence-corrected chi connectivity index (χ2v) is 7.21. The molecule has 5 heteroatoms. The summed E-state index contributed by atoms with van der Waals surface area (Å²) in [6, 6.07) is 0.534. The Morgan fingerprint density at radius 1 is 1.50 bits per heavy atom. The predicted molar refractivity (Wildman–Crippen MR) is 86.8 cm³/mol. The topological polar surface area (TPSA) is 56.2 Å². The molecule has 124 valence electrons. The lowest BCUT2D eigenvalue weighted by Gasteiger charge is -2.21. The van der Waals surface area contributed by atoms with Crippen LogP contribution in [0.5, 0.6) is 0 Å². The third kappa shape index (κ3) is 5.35. The summed E-state index contributed by atoms with van der Waals surface area (Å²) in [5, 5.41) is 2.81. The van der Waals surface area contributed by atoms with E-state index in [0.717, 1.165) is 18.8 Å². The fraction of sp³-hybridized carbons (Fsp3) is 0.765. The molecule has 0 bridgehead atoms. The van der Waals surface area contributed by atoms with Crippen LogP contribution < -0.4 is 5.32 Å². The highest BCUT2D eigenvalue weighted by atomic mass is 16.6. The van der Waals surface area contributed by atoms with Crippen molar-refractivity contribution in [2.45, 2.75) is 71.4 Å². The molecule has 22 heavy (non-hydrogen) atoms. The van der Waals surface area contributed by atoms with Gasteiger partial charge in [-0.2, -0.15) is 0 Å². The highest BCUT2D eigenvalue weighted by Gasteiger charge is 2.26. The molecule has 0 aliphatic heterocycles. The van der Waals surface area contributed by atoms with E-state index < -0.39 is 5.60 Å². The maximum Gasteiger partial charge on any atom is 0.407 e. The van der Waals surface area contributed by atoms with E-state index in [1.165, 1.54) is 25.0 Å². The summed E-state index contributed by atoms with van der Waals surface area (Å²) in [6.45, 7) is 8.40. The zero-order valence-corrected chi connectivity index (χ0v) is 14.3. The van der Waals surface area contributed by atoms with Gasteiger partial charge in [-0.3, -0.25) is 0 Å². The second-order valence-electron chi connectivity index (χ2n) is 7.21. The molecule has 1 aliphatic rings. The average molecular weight is 307 g/mol. The number of alkyl carbamates (subject to hydrolysis) is 1. The Labute approximate surface area is 133 Å². The van der Waals surface area contributed by atoms with Gasteiger partial charge >= 0.3 is 6.09 Å². The minimum absolute atomic E-state index is 0.358. The van der Waals surface area contributed by atoms with Gasteiger partial charge in [-0.15, -0.1) is 0 Å². The Morgan fingerprint density at radius 2 is 2.23 bits per heavy atom. The number of amides is 1. The van der Waals surface area contributed by atoms with Crippen molar-refractivity contribution in [3.05, 3.63) is 18.2 Å². The van der Waals surface area contributed by atoms with Gasteiger partial charge in [0.1, 0.15) is 5.60 Å². The van der Waals surface area contributed by atoms with Crippen molar-refractivity contribution in [3.8, 4) is 0 Å². The summed E-state index contributed by atoms with van der Waals surface area (Å²) in [5.41, 5.74) is 0.729. The number of carbonyl (C=O) groups excluding carboxylic acids is 1. The van der Waals surface area contributed by atoms with Crippen LogP contribution in [0.3, 0.4) is 0 Å². The normalized spacial score (nSPS) is 16.4. The first-order valence-electron chi connectivity index (χ1n) is 8.36. The molecule has 0 saturated heterocycles. The Balaban J connectivity index is 1.83. The van der Waals surface area contributed by atoms with E-state index in [1.54, 1.807) is 0 Å². The third-order valence-electron chi connectivity index (χ3n) is 3.96. The molecule has 2 rings (SSSR count). The molecule has 1 saturated carbocycles. The number of nitrogens with one attached hydrogen (secondary N) is 1. The van der Waals surface area contributed by atoms with Crippen LogP contribution in [0.15, 0.2) is 12.5 Å². The summed E-state index contributed by atoms with van der Waals surface area (Å²) in [5.74, 6) is 0.903. The molecule has 1 amide bonds. The molecule has 0 aromatic carbocycles. The van der Waals surface area contributed by atoms with E-state index in [-0.39, 0.29) is 6.09 Å². The SMILES string of the molecule is CCC(CC1CC1)n1cncc1CCNC(=O)OC(C)(C)C. The number of carbonyl (C=O) groups is 1. The van der Waals surface area contributed by atoms with Crippen LogP contribution in [-0.4, -0.2) is 27.8 Å². The Hall–Kier alpha value is -1.52. The highest BCUT2D eigenvalue weighted by Crippen LogP contribution is 2.38. The number of aromatic nitrogens is 2. The zero-order valence-electron chi connectivity index (χ0n) is 14.3. The largest absolute Gasteiger partial charge is 0.444 e. The van der Waals surface area contributed by atoms with E-state index in [4.69, 9.17) is 4.74 Å². The molecular formula is C17H29N3O2. The van der Waals surface area contributed by atoms with E-state index in [0.29, 0.717) is 12.6 Å². The number of rotatable bonds is 7. The zero-order chi connectivity index (χ0) is 16.2. The maximum absolute atomic E-state index is 11.7. The van der Waals surface area contributed by atoms with Crippen molar-refractivity contribution in [2.24, 2.45) is 5.92 Å². The lowest BCUT2D eigenvalue weighted by Crippen LogP contribution is -2.33.